The lowest BCUT2D eigenvalue weighted by Gasteiger charge is -2.27. The lowest BCUT2D eigenvalue weighted by Crippen LogP contribution is -2.52. The molecule has 0 radical (unpaired) electrons. The van der Waals surface area contributed by atoms with Gasteiger partial charge in [-0.15, -0.1) is 0 Å². The summed E-state index contributed by atoms with van der Waals surface area (Å²) in [5, 5.41) is 2.83. The maximum Gasteiger partial charge on any atom is 0.410 e. The van der Waals surface area contributed by atoms with Crippen LogP contribution in [0.5, 0.6) is 0 Å². The van der Waals surface area contributed by atoms with E-state index in [1.165, 1.54) is 4.90 Å². The second-order valence-corrected chi connectivity index (χ2v) is 9.18. The Morgan fingerprint density at radius 1 is 1.00 bits per heavy atom. The van der Waals surface area contributed by atoms with Crippen LogP contribution in [-0.2, 0) is 32.1 Å². The lowest BCUT2D eigenvalue weighted by molar-refractivity contribution is -0.158. The van der Waals surface area contributed by atoms with E-state index in [1.54, 1.807) is 20.8 Å². The number of esters is 1. The molecule has 3 rings (SSSR count). The van der Waals surface area contributed by atoms with Crippen LogP contribution in [0.25, 0.3) is 0 Å². The van der Waals surface area contributed by atoms with E-state index in [0.29, 0.717) is 25.8 Å². The van der Waals surface area contributed by atoms with Gasteiger partial charge in [0.05, 0.1) is 0 Å². The molecule has 176 valence electrons. The standard InChI is InChI=1S/C26H32N2O5/c1-26(2,3)33-24(30)21(17-19-11-6-4-7-12-19)27-23(29)22-15-10-16-28(22)25(31)32-18-20-13-8-5-9-14-20/h4-9,11-14,21-22H,10,15-18H2,1-3H3,(H,27,29)/t21-,22-/m0/s1. The number of amides is 2. The molecule has 2 aromatic carbocycles. The molecule has 7 nitrogen and oxygen atoms in total. The SMILES string of the molecule is CC(C)(C)OC(=O)[C@H](Cc1ccccc1)NC(=O)[C@@H]1CCCN1C(=O)OCc1ccccc1. The van der Waals surface area contributed by atoms with Gasteiger partial charge in [-0.3, -0.25) is 9.69 Å². The summed E-state index contributed by atoms with van der Waals surface area (Å²) in [6.45, 7) is 5.93. The average Bonchev–Trinajstić information content (AvgIpc) is 3.27. The summed E-state index contributed by atoms with van der Waals surface area (Å²) in [6, 6.07) is 17.3. The van der Waals surface area contributed by atoms with Crippen molar-refractivity contribution < 1.29 is 23.9 Å². The van der Waals surface area contributed by atoms with Gasteiger partial charge in [0.25, 0.3) is 0 Å². The van der Waals surface area contributed by atoms with Gasteiger partial charge in [0.2, 0.25) is 5.91 Å². The molecular weight excluding hydrogens is 420 g/mol. The van der Waals surface area contributed by atoms with Gasteiger partial charge in [-0.2, -0.15) is 0 Å². The Morgan fingerprint density at radius 3 is 2.21 bits per heavy atom. The molecule has 2 aromatic rings. The number of hydrogen-bond acceptors (Lipinski definition) is 5. The first-order chi connectivity index (χ1) is 15.7. The van der Waals surface area contributed by atoms with Crippen molar-refractivity contribution in [2.24, 2.45) is 0 Å². The molecule has 1 aliphatic heterocycles. The van der Waals surface area contributed by atoms with Gasteiger partial charge in [0.1, 0.15) is 24.3 Å². The molecule has 1 aliphatic rings. The van der Waals surface area contributed by atoms with E-state index in [2.05, 4.69) is 5.32 Å². The second kappa shape index (κ2) is 11.0. The van der Waals surface area contributed by atoms with E-state index in [0.717, 1.165) is 11.1 Å². The summed E-state index contributed by atoms with van der Waals surface area (Å²) in [5.74, 6) is -0.883. The summed E-state index contributed by atoms with van der Waals surface area (Å²) >= 11 is 0. The molecule has 0 aliphatic carbocycles. The summed E-state index contributed by atoms with van der Waals surface area (Å²) in [5.41, 5.74) is 1.09. The highest BCUT2D eigenvalue weighted by atomic mass is 16.6. The summed E-state index contributed by atoms with van der Waals surface area (Å²) in [7, 11) is 0. The minimum Gasteiger partial charge on any atom is -0.458 e. The fourth-order valence-corrected chi connectivity index (χ4v) is 3.74. The molecule has 2 amide bonds. The van der Waals surface area contributed by atoms with E-state index < -0.39 is 29.7 Å². The van der Waals surface area contributed by atoms with Gasteiger partial charge >= 0.3 is 12.1 Å². The van der Waals surface area contributed by atoms with Crippen molar-refractivity contribution in [3.63, 3.8) is 0 Å². The van der Waals surface area contributed by atoms with E-state index in [9.17, 15) is 14.4 Å². The zero-order valence-corrected chi connectivity index (χ0v) is 19.5. The van der Waals surface area contributed by atoms with Crippen molar-refractivity contribution >= 4 is 18.0 Å². The maximum absolute atomic E-state index is 13.1. The van der Waals surface area contributed by atoms with Crippen molar-refractivity contribution in [3.05, 3.63) is 71.8 Å². The van der Waals surface area contributed by atoms with Gasteiger partial charge in [-0.25, -0.2) is 9.59 Å². The van der Waals surface area contributed by atoms with E-state index >= 15 is 0 Å². The number of rotatable bonds is 7. The molecule has 1 fully saturated rings. The first kappa shape index (κ1) is 24.3. The van der Waals surface area contributed by atoms with Crippen LogP contribution in [0.4, 0.5) is 4.79 Å². The van der Waals surface area contributed by atoms with Gasteiger partial charge < -0.3 is 14.8 Å². The summed E-state index contributed by atoms with van der Waals surface area (Å²) in [4.78, 5) is 40.1. The highest BCUT2D eigenvalue weighted by molar-refractivity contribution is 5.90. The molecule has 2 atom stereocenters. The fourth-order valence-electron chi connectivity index (χ4n) is 3.74. The number of ether oxygens (including phenoxy) is 2. The van der Waals surface area contributed by atoms with Crippen LogP contribution in [-0.4, -0.2) is 47.1 Å². The molecule has 0 saturated carbocycles. The van der Waals surface area contributed by atoms with Crippen molar-refractivity contribution in [2.45, 2.75) is 64.3 Å². The number of likely N-dealkylation sites (tertiary alicyclic amines) is 1. The van der Waals surface area contributed by atoms with Crippen LogP contribution in [0, 0.1) is 0 Å². The average molecular weight is 453 g/mol. The Balaban J connectivity index is 1.66. The highest BCUT2D eigenvalue weighted by Crippen LogP contribution is 2.20. The molecule has 1 N–H and O–H groups in total. The number of nitrogens with zero attached hydrogens (tertiary/aromatic N) is 1. The predicted molar refractivity (Wildman–Crippen MR) is 124 cm³/mol. The molecular formula is C26H32N2O5. The maximum atomic E-state index is 13.1. The monoisotopic (exact) mass is 452 g/mol. The van der Waals surface area contributed by atoms with E-state index in [-0.39, 0.29) is 12.5 Å². The normalized spacial score (nSPS) is 16.7. The second-order valence-electron chi connectivity index (χ2n) is 9.18. The van der Waals surface area contributed by atoms with Crippen LogP contribution in [0.2, 0.25) is 0 Å². The lowest BCUT2D eigenvalue weighted by atomic mass is 10.0. The Hall–Kier alpha value is -3.35. The quantitative estimate of drug-likeness (QED) is 0.645. The van der Waals surface area contributed by atoms with Gasteiger partial charge in [0.15, 0.2) is 0 Å². The zero-order valence-electron chi connectivity index (χ0n) is 19.5. The van der Waals surface area contributed by atoms with E-state index in [4.69, 9.17) is 9.47 Å². The molecule has 1 saturated heterocycles. The number of benzene rings is 2. The molecule has 7 heteroatoms. The van der Waals surface area contributed by atoms with Crippen LogP contribution < -0.4 is 5.32 Å². The number of carbonyl (C=O) groups is 3. The van der Waals surface area contributed by atoms with Crippen molar-refractivity contribution in [1.29, 1.82) is 0 Å². The minimum atomic E-state index is -0.859. The molecule has 1 heterocycles. The van der Waals surface area contributed by atoms with Crippen molar-refractivity contribution in [3.8, 4) is 0 Å². The molecule has 0 bridgehead atoms. The molecule has 0 unspecified atom stereocenters. The largest absolute Gasteiger partial charge is 0.458 e. The summed E-state index contributed by atoms with van der Waals surface area (Å²) < 4.78 is 11.0. The first-order valence-electron chi connectivity index (χ1n) is 11.3. The van der Waals surface area contributed by atoms with Gasteiger partial charge in [-0.05, 0) is 44.7 Å². The highest BCUT2D eigenvalue weighted by Gasteiger charge is 2.37. The number of nitrogens with one attached hydrogen (secondary N) is 1. The van der Waals surface area contributed by atoms with Crippen molar-refractivity contribution in [2.75, 3.05) is 6.54 Å². The number of hydrogen-bond donors (Lipinski definition) is 1. The topological polar surface area (TPSA) is 84.9 Å². The molecule has 0 spiro atoms. The van der Waals surface area contributed by atoms with Gasteiger partial charge in [0, 0.05) is 13.0 Å². The zero-order chi connectivity index (χ0) is 23.8. The third-order valence-corrected chi connectivity index (χ3v) is 5.29. The van der Waals surface area contributed by atoms with Crippen molar-refractivity contribution in [1.82, 2.24) is 10.2 Å². The van der Waals surface area contributed by atoms with Gasteiger partial charge in [-0.1, -0.05) is 60.7 Å². The fraction of sp³-hybridized carbons (Fsp3) is 0.423. The summed E-state index contributed by atoms with van der Waals surface area (Å²) in [6.07, 6.45) is 0.966. The Morgan fingerprint density at radius 2 is 1.61 bits per heavy atom. The third kappa shape index (κ3) is 7.34. The van der Waals surface area contributed by atoms with Crippen LogP contribution >= 0.6 is 0 Å². The van der Waals surface area contributed by atoms with Crippen LogP contribution in [0.3, 0.4) is 0 Å². The van der Waals surface area contributed by atoms with Crippen LogP contribution in [0.15, 0.2) is 60.7 Å². The number of carbonyl (C=O) groups excluding carboxylic acids is 3. The predicted octanol–water partition coefficient (Wildman–Crippen LogP) is 3.86. The Labute approximate surface area is 195 Å². The first-order valence-corrected chi connectivity index (χ1v) is 11.3. The van der Waals surface area contributed by atoms with Crippen LogP contribution in [0.1, 0.15) is 44.7 Å². The Kier molecular flexibility index (Phi) is 8.09. The minimum absolute atomic E-state index is 0.138. The molecule has 0 aromatic heterocycles. The third-order valence-electron chi connectivity index (χ3n) is 5.29. The smallest absolute Gasteiger partial charge is 0.410 e. The van der Waals surface area contributed by atoms with E-state index in [1.807, 2.05) is 60.7 Å². The molecule has 33 heavy (non-hydrogen) atoms. The Bertz CT molecular complexity index is 940.